The van der Waals surface area contributed by atoms with E-state index in [1.54, 1.807) is 0 Å². The molecule has 28 heavy (non-hydrogen) atoms. The molecule has 1 aliphatic carbocycles. The van der Waals surface area contributed by atoms with Crippen molar-refractivity contribution in [3.63, 3.8) is 0 Å². The monoisotopic (exact) mass is 393 g/mol. The number of phenolic OH excluding ortho intramolecular Hbond substituents is 1. The molecule has 0 amide bonds. The Hall–Kier alpha value is -1.82. The average Bonchev–Trinajstić information content (AvgIpc) is 2.63. The maximum Gasteiger partial charge on any atom is 0.294 e. The Bertz CT molecular complexity index is 631. The van der Waals surface area contributed by atoms with Gasteiger partial charge in [0.1, 0.15) is 5.75 Å². The predicted molar refractivity (Wildman–Crippen MR) is 109 cm³/mol. The number of hydrogen-bond acceptors (Lipinski definition) is 5. The molecule has 0 aliphatic heterocycles. The molecule has 2 atom stereocenters. The molecule has 1 aromatic carbocycles. The van der Waals surface area contributed by atoms with Gasteiger partial charge in [0.15, 0.2) is 0 Å². The molecule has 0 aromatic heterocycles. The molecule has 6 heteroatoms. The van der Waals surface area contributed by atoms with Crippen molar-refractivity contribution in [1.29, 1.82) is 0 Å². The zero-order valence-corrected chi connectivity index (χ0v) is 17.2. The Morgan fingerprint density at radius 1 is 1.18 bits per heavy atom. The number of aliphatic hydroxyl groups excluding tert-OH is 1. The normalized spacial score (nSPS) is 20.1. The minimum Gasteiger partial charge on any atom is -0.508 e. The summed E-state index contributed by atoms with van der Waals surface area (Å²) in [6.45, 7) is 4.59. The van der Waals surface area contributed by atoms with E-state index in [1.165, 1.54) is 0 Å². The summed E-state index contributed by atoms with van der Waals surface area (Å²) in [5, 5.41) is 29.8. The summed E-state index contributed by atoms with van der Waals surface area (Å²) in [5.74, 6) is 0.607. The lowest BCUT2D eigenvalue weighted by atomic mass is 9.77. The molecule has 0 radical (unpaired) electrons. The molecule has 0 spiro atoms. The van der Waals surface area contributed by atoms with E-state index in [0.29, 0.717) is 5.75 Å². The summed E-state index contributed by atoms with van der Waals surface area (Å²) in [7, 11) is 0. The van der Waals surface area contributed by atoms with Crippen LogP contribution in [0.3, 0.4) is 0 Å². The van der Waals surface area contributed by atoms with Crippen LogP contribution in [0.5, 0.6) is 5.75 Å². The number of hydrogen-bond donors (Lipinski definition) is 2. The third-order valence-corrected chi connectivity index (χ3v) is 6.04. The summed E-state index contributed by atoms with van der Waals surface area (Å²) >= 11 is 0. The lowest BCUT2D eigenvalue weighted by Crippen LogP contribution is -2.19. The van der Waals surface area contributed by atoms with Crippen LogP contribution >= 0.6 is 0 Å². The average molecular weight is 394 g/mol. The summed E-state index contributed by atoms with van der Waals surface area (Å²) < 4.78 is 0. The summed E-state index contributed by atoms with van der Waals surface area (Å²) in [4.78, 5) is 14.4. The maximum absolute atomic E-state index is 10.6. The topological polar surface area (TPSA) is 92.8 Å². The SMILES string of the molecule is CC(C)(CCCCCCCO[N+](=O)[O-])c1ccc([C@H]2CCC[C@@H](O)C2)c(O)c1. The highest BCUT2D eigenvalue weighted by atomic mass is 16.9. The van der Waals surface area contributed by atoms with E-state index >= 15 is 0 Å². The summed E-state index contributed by atoms with van der Waals surface area (Å²) in [5.41, 5.74) is 2.09. The molecular weight excluding hydrogens is 358 g/mol. The first-order chi connectivity index (χ1) is 13.3. The lowest BCUT2D eigenvalue weighted by molar-refractivity contribution is -0.757. The number of nitrogens with zero attached hydrogens (tertiary/aromatic N) is 1. The van der Waals surface area contributed by atoms with Crippen LogP contribution in [0, 0.1) is 10.1 Å². The van der Waals surface area contributed by atoms with E-state index in [4.69, 9.17) is 0 Å². The fraction of sp³-hybridized carbons (Fsp3) is 0.727. The Labute approximate surface area is 168 Å². The quantitative estimate of drug-likeness (QED) is 0.305. The van der Waals surface area contributed by atoms with E-state index in [9.17, 15) is 20.3 Å². The second-order valence-electron chi connectivity index (χ2n) is 8.75. The van der Waals surface area contributed by atoms with Gasteiger partial charge < -0.3 is 15.1 Å². The molecule has 1 saturated carbocycles. The Morgan fingerprint density at radius 2 is 1.89 bits per heavy atom. The molecule has 1 aromatic rings. The first-order valence-electron chi connectivity index (χ1n) is 10.6. The standard InChI is InChI=1S/C22H35NO5/c1-22(2,13-6-4-3-5-7-14-28-23(26)27)18-11-12-20(21(25)16-18)17-9-8-10-19(24)15-17/h11-12,16-17,19,24-25H,3-10,13-15H2,1-2H3/t17-,19+/m0/s1. The van der Waals surface area contributed by atoms with Crippen LogP contribution in [-0.2, 0) is 10.3 Å². The second-order valence-corrected chi connectivity index (χ2v) is 8.75. The minimum absolute atomic E-state index is 0.0170. The van der Waals surface area contributed by atoms with Crippen molar-refractivity contribution in [3.8, 4) is 5.75 Å². The molecule has 0 saturated heterocycles. The third kappa shape index (κ3) is 6.97. The molecule has 0 bridgehead atoms. The largest absolute Gasteiger partial charge is 0.508 e. The van der Waals surface area contributed by atoms with Crippen LogP contribution in [0.2, 0.25) is 0 Å². The third-order valence-electron chi connectivity index (χ3n) is 6.04. The van der Waals surface area contributed by atoms with Gasteiger partial charge in [-0.1, -0.05) is 58.1 Å². The van der Waals surface area contributed by atoms with Gasteiger partial charge in [0.2, 0.25) is 0 Å². The Kier molecular flexibility index (Phi) is 8.55. The van der Waals surface area contributed by atoms with E-state index in [1.807, 2.05) is 12.1 Å². The molecular formula is C22H35NO5. The van der Waals surface area contributed by atoms with Crippen molar-refractivity contribution >= 4 is 0 Å². The van der Waals surface area contributed by atoms with Crippen LogP contribution < -0.4 is 0 Å². The van der Waals surface area contributed by atoms with Gasteiger partial charge in [0, 0.05) is 0 Å². The van der Waals surface area contributed by atoms with Crippen molar-refractivity contribution in [1.82, 2.24) is 0 Å². The van der Waals surface area contributed by atoms with Crippen LogP contribution in [0.4, 0.5) is 0 Å². The number of rotatable bonds is 11. The van der Waals surface area contributed by atoms with Crippen LogP contribution in [0.25, 0.3) is 0 Å². The number of benzene rings is 1. The van der Waals surface area contributed by atoms with Gasteiger partial charge in [-0.05, 0) is 60.6 Å². The Morgan fingerprint density at radius 3 is 2.57 bits per heavy atom. The van der Waals surface area contributed by atoms with E-state index in [0.717, 1.165) is 75.3 Å². The Balaban J connectivity index is 1.79. The van der Waals surface area contributed by atoms with Crippen molar-refractivity contribution < 1.29 is 20.1 Å². The van der Waals surface area contributed by atoms with Crippen LogP contribution in [0.15, 0.2) is 18.2 Å². The summed E-state index contributed by atoms with van der Waals surface area (Å²) in [6, 6.07) is 6.08. The van der Waals surface area contributed by atoms with Crippen molar-refractivity contribution in [2.24, 2.45) is 0 Å². The smallest absolute Gasteiger partial charge is 0.294 e. The van der Waals surface area contributed by atoms with Gasteiger partial charge in [-0.3, -0.25) is 0 Å². The predicted octanol–water partition coefficient (Wildman–Crippen LogP) is 5.24. The van der Waals surface area contributed by atoms with E-state index in [-0.39, 0.29) is 24.0 Å². The maximum atomic E-state index is 10.6. The molecule has 0 heterocycles. The highest BCUT2D eigenvalue weighted by molar-refractivity contribution is 5.41. The zero-order chi connectivity index (χ0) is 20.6. The lowest BCUT2D eigenvalue weighted by Gasteiger charge is -2.29. The second kappa shape index (κ2) is 10.6. The number of unbranched alkanes of at least 4 members (excludes halogenated alkanes) is 4. The first kappa shape index (κ1) is 22.5. The van der Waals surface area contributed by atoms with Crippen molar-refractivity contribution in [3.05, 3.63) is 39.4 Å². The molecule has 1 aliphatic rings. The fourth-order valence-corrected chi connectivity index (χ4v) is 4.24. The molecule has 2 rings (SSSR count). The fourth-order valence-electron chi connectivity index (χ4n) is 4.24. The van der Waals surface area contributed by atoms with Gasteiger partial charge in [0.05, 0.1) is 12.7 Å². The number of aliphatic hydroxyl groups is 1. The van der Waals surface area contributed by atoms with Gasteiger partial charge >= 0.3 is 0 Å². The van der Waals surface area contributed by atoms with Crippen LogP contribution in [0.1, 0.15) is 95.1 Å². The van der Waals surface area contributed by atoms with Crippen molar-refractivity contribution in [2.75, 3.05) is 6.61 Å². The van der Waals surface area contributed by atoms with Gasteiger partial charge in [-0.25, -0.2) is 0 Å². The highest BCUT2D eigenvalue weighted by Gasteiger charge is 2.26. The summed E-state index contributed by atoms with van der Waals surface area (Å²) in [6.07, 6.45) is 9.30. The van der Waals surface area contributed by atoms with E-state index < -0.39 is 5.09 Å². The highest BCUT2D eigenvalue weighted by Crippen LogP contribution is 2.40. The molecule has 1 fully saturated rings. The van der Waals surface area contributed by atoms with Gasteiger partial charge in [-0.2, -0.15) is 0 Å². The van der Waals surface area contributed by atoms with Gasteiger partial charge in [0.25, 0.3) is 5.09 Å². The number of aromatic hydroxyl groups is 1. The number of phenols is 1. The van der Waals surface area contributed by atoms with Gasteiger partial charge in [-0.15, -0.1) is 10.1 Å². The molecule has 158 valence electrons. The first-order valence-corrected chi connectivity index (χ1v) is 10.6. The zero-order valence-electron chi connectivity index (χ0n) is 17.2. The minimum atomic E-state index is -0.736. The van der Waals surface area contributed by atoms with E-state index in [2.05, 4.69) is 24.8 Å². The van der Waals surface area contributed by atoms with Crippen LogP contribution in [-0.4, -0.2) is 28.0 Å². The molecule has 6 nitrogen and oxygen atoms in total. The van der Waals surface area contributed by atoms with Crippen molar-refractivity contribution in [2.45, 2.75) is 95.5 Å². The molecule has 0 unspecified atom stereocenters. The molecule has 2 N–H and O–H groups in total.